The summed E-state index contributed by atoms with van der Waals surface area (Å²) < 4.78 is 0. The Bertz CT molecular complexity index is 1180. The van der Waals surface area contributed by atoms with Crippen molar-refractivity contribution in [1.29, 1.82) is 0 Å². The molecule has 0 bridgehead atoms. The predicted molar refractivity (Wildman–Crippen MR) is 140 cm³/mol. The van der Waals surface area contributed by atoms with Crippen molar-refractivity contribution < 1.29 is 29.1 Å². The van der Waals surface area contributed by atoms with Crippen LogP contribution in [0.3, 0.4) is 0 Å². The van der Waals surface area contributed by atoms with Crippen molar-refractivity contribution in [3.63, 3.8) is 0 Å². The van der Waals surface area contributed by atoms with Gasteiger partial charge < -0.3 is 25.6 Å². The predicted octanol–water partition coefficient (Wildman–Crippen LogP) is 2.78. The average Bonchev–Trinajstić information content (AvgIpc) is 3.36. The van der Waals surface area contributed by atoms with Crippen LogP contribution in [0.2, 0.25) is 0 Å². The maximum Gasteiger partial charge on any atom is 0.322 e. The summed E-state index contributed by atoms with van der Waals surface area (Å²) in [5.41, 5.74) is 0.852. The lowest BCUT2D eigenvalue weighted by Gasteiger charge is -2.38. The molecule has 2 fully saturated rings. The van der Waals surface area contributed by atoms with E-state index in [0.29, 0.717) is 23.7 Å². The molecule has 1 heterocycles. The van der Waals surface area contributed by atoms with Crippen molar-refractivity contribution in [2.24, 2.45) is 5.92 Å². The van der Waals surface area contributed by atoms with Crippen molar-refractivity contribution >= 4 is 40.4 Å². The summed E-state index contributed by atoms with van der Waals surface area (Å²) in [4.78, 5) is 69.0. The van der Waals surface area contributed by atoms with Gasteiger partial charge in [-0.05, 0) is 37.7 Å². The van der Waals surface area contributed by atoms with Gasteiger partial charge in [0.2, 0.25) is 11.8 Å². The number of benzene rings is 1. The van der Waals surface area contributed by atoms with Crippen molar-refractivity contribution in [3.8, 4) is 0 Å². The molecule has 1 unspecified atom stereocenters. The van der Waals surface area contributed by atoms with E-state index in [1.165, 1.54) is 6.20 Å². The Balaban J connectivity index is 1.66. The van der Waals surface area contributed by atoms with Crippen LogP contribution >= 0.6 is 0 Å². The fraction of sp³-hybridized carbons (Fsp3) is 0.536. The standard InChI is InChI=1S/C28H36N4O6/c33-23(30-16-24(34)35)17-32(28(38)26(36)21-15-29-22-14-8-7-13-20(21)22)25(18-9-3-1-4-10-18)27(37)31-19-11-5-2-6-12-19/h7-8,13-15,18-19,25,29H,1-6,9-12,16-17H2,(H,30,33)(H,31,37)(H,34,35). The molecule has 0 aliphatic heterocycles. The lowest BCUT2D eigenvalue weighted by Crippen LogP contribution is -2.59. The van der Waals surface area contributed by atoms with Crippen LogP contribution < -0.4 is 10.6 Å². The van der Waals surface area contributed by atoms with Crippen molar-refractivity contribution in [1.82, 2.24) is 20.5 Å². The number of nitrogens with one attached hydrogen (secondary N) is 3. The number of nitrogens with zero attached hydrogens (tertiary/aromatic N) is 1. The van der Waals surface area contributed by atoms with E-state index in [9.17, 15) is 24.0 Å². The van der Waals surface area contributed by atoms with E-state index >= 15 is 0 Å². The summed E-state index contributed by atoms with van der Waals surface area (Å²) in [6, 6.07) is 6.07. The zero-order valence-corrected chi connectivity index (χ0v) is 21.5. The van der Waals surface area contributed by atoms with E-state index in [1.807, 2.05) is 6.07 Å². The van der Waals surface area contributed by atoms with Crippen LogP contribution in [-0.4, -0.2) is 69.6 Å². The van der Waals surface area contributed by atoms with E-state index in [2.05, 4.69) is 15.6 Å². The molecule has 2 aliphatic rings. The Labute approximate surface area is 221 Å². The zero-order chi connectivity index (χ0) is 27.1. The van der Waals surface area contributed by atoms with Crippen LogP contribution in [0.5, 0.6) is 0 Å². The quantitative estimate of drug-likeness (QED) is 0.277. The first-order chi connectivity index (χ1) is 18.3. The van der Waals surface area contributed by atoms with Crippen molar-refractivity contribution in [2.45, 2.75) is 76.3 Å². The van der Waals surface area contributed by atoms with Crippen molar-refractivity contribution in [2.75, 3.05) is 13.1 Å². The molecule has 204 valence electrons. The van der Waals surface area contributed by atoms with Crippen LogP contribution in [0.15, 0.2) is 30.5 Å². The third kappa shape index (κ3) is 6.59. The summed E-state index contributed by atoms with van der Waals surface area (Å²) in [6.07, 6.45) is 10.5. The average molecular weight is 525 g/mol. The second kappa shape index (κ2) is 12.7. The Morgan fingerprint density at radius 3 is 2.29 bits per heavy atom. The maximum atomic E-state index is 13.8. The maximum absolute atomic E-state index is 13.8. The third-order valence-electron chi connectivity index (χ3n) is 7.69. The van der Waals surface area contributed by atoms with E-state index in [0.717, 1.165) is 56.3 Å². The number of aromatic nitrogens is 1. The highest BCUT2D eigenvalue weighted by molar-refractivity contribution is 6.45. The topological polar surface area (TPSA) is 149 Å². The summed E-state index contributed by atoms with van der Waals surface area (Å²) in [5.74, 6) is -4.30. The second-order valence-electron chi connectivity index (χ2n) is 10.4. The molecular weight excluding hydrogens is 488 g/mol. The van der Waals surface area contributed by atoms with E-state index in [-0.39, 0.29) is 23.4 Å². The Morgan fingerprint density at radius 2 is 1.61 bits per heavy atom. The van der Waals surface area contributed by atoms with Crippen LogP contribution in [-0.2, 0) is 19.2 Å². The second-order valence-corrected chi connectivity index (χ2v) is 10.4. The molecule has 10 nitrogen and oxygen atoms in total. The number of carboxylic acid groups (broad SMARTS) is 1. The largest absolute Gasteiger partial charge is 0.480 e. The van der Waals surface area contributed by atoms with Crippen LogP contribution in [0.1, 0.15) is 74.6 Å². The van der Waals surface area contributed by atoms with Gasteiger partial charge >= 0.3 is 5.97 Å². The van der Waals surface area contributed by atoms with E-state index < -0.39 is 42.7 Å². The lowest BCUT2D eigenvalue weighted by molar-refractivity contribution is -0.144. The highest BCUT2D eigenvalue weighted by Crippen LogP contribution is 2.31. The van der Waals surface area contributed by atoms with E-state index in [4.69, 9.17) is 5.11 Å². The minimum Gasteiger partial charge on any atom is -0.480 e. The molecule has 1 aromatic carbocycles. The van der Waals surface area contributed by atoms with Gasteiger partial charge in [0, 0.05) is 23.1 Å². The van der Waals surface area contributed by atoms with Crippen LogP contribution in [0.25, 0.3) is 10.9 Å². The molecule has 0 spiro atoms. The molecular formula is C28H36N4O6. The fourth-order valence-electron chi connectivity index (χ4n) is 5.78. The minimum absolute atomic E-state index is 0.00977. The molecule has 1 atom stereocenters. The Hall–Kier alpha value is -3.69. The highest BCUT2D eigenvalue weighted by Gasteiger charge is 2.41. The number of rotatable bonds is 10. The number of hydrogen-bond donors (Lipinski definition) is 4. The smallest absolute Gasteiger partial charge is 0.322 e. The van der Waals surface area contributed by atoms with Gasteiger partial charge in [-0.25, -0.2) is 0 Å². The zero-order valence-electron chi connectivity index (χ0n) is 21.5. The number of ketones is 1. The lowest BCUT2D eigenvalue weighted by atomic mass is 9.82. The number of para-hydroxylation sites is 1. The first-order valence-corrected chi connectivity index (χ1v) is 13.6. The van der Waals surface area contributed by atoms with Gasteiger partial charge in [-0.15, -0.1) is 0 Å². The van der Waals surface area contributed by atoms with Gasteiger partial charge in [-0.1, -0.05) is 56.7 Å². The third-order valence-corrected chi connectivity index (χ3v) is 7.69. The number of aliphatic carboxylic acids is 1. The fourth-order valence-corrected chi connectivity index (χ4v) is 5.78. The number of fused-ring (bicyclic) bond motifs is 1. The summed E-state index contributed by atoms with van der Waals surface area (Å²) in [7, 11) is 0. The molecule has 38 heavy (non-hydrogen) atoms. The first kappa shape index (κ1) is 27.3. The monoisotopic (exact) mass is 524 g/mol. The van der Waals surface area contributed by atoms with Gasteiger partial charge in [-0.2, -0.15) is 0 Å². The van der Waals surface area contributed by atoms with Crippen LogP contribution in [0.4, 0.5) is 0 Å². The van der Waals surface area contributed by atoms with Crippen molar-refractivity contribution in [3.05, 3.63) is 36.0 Å². The van der Waals surface area contributed by atoms with Crippen LogP contribution in [0, 0.1) is 5.92 Å². The molecule has 2 aromatic rings. The summed E-state index contributed by atoms with van der Waals surface area (Å²) in [5, 5.41) is 14.9. The number of aromatic amines is 1. The first-order valence-electron chi connectivity index (χ1n) is 13.6. The summed E-state index contributed by atoms with van der Waals surface area (Å²) in [6.45, 7) is -1.21. The van der Waals surface area contributed by atoms with Gasteiger partial charge in [0.1, 0.15) is 19.1 Å². The Kier molecular flexibility index (Phi) is 9.15. The van der Waals surface area contributed by atoms with E-state index in [1.54, 1.807) is 18.2 Å². The number of carboxylic acids is 1. The number of amides is 3. The highest BCUT2D eigenvalue weighted by atomic mass is 16.4. The molecule has 10 heteroatoms. The number of hydrogen-bond acceptors (Lipinski definition) is 5. The molecule has 2 saturated carbocycles. The molecule has 2 aliphatic carbocycles. The molecule has 0 radical (unpaired) electrons. The minimum atomic E-state index is -1.23. The molecule has 3 amide bonds. The SMILES string of the molecule is O=C(O)CNC(=O)CN(C(=O)C(=O)c1c[nH]c2ccccc12)C(C(=O)NC1CCCCC1)C1CCCCC1. The van der Waals surface area contributed by atoms with Gasteiger partial charge in [0.05, 0.1) is 5.56 Å². The van der Waals surface area contributed by atoms with Gasteiger partial charge in [0.25, 0.3) is 11.7 Å². The molecule has 4 N–H and O–H groups in total. The molecule has 0 saturated heterocycles. The van der Waals surface area contributed by atoms with Gasteiger partial charge in [0.15, 0.2) is 0 Å². The number of carbonyl (C=O) groups excluding carboxylic acids is 4. The Morgan fingerprint density at radius 1 is 0.947 bits per heavy atom. The summed E-state index contributed by atoms with van der Waals surface area (Å²) >= 11 is 0. The number of carbonyl (C=O) groups is 5. The van der Waals surface area contributed by atoms with Gasteiger partial charge in [-0.3, -0.25) is 24.0 Å². The molecule has 4 rings (SSSR count). The normalized spacial score (nSPS) is 17.5. The molecule has 1 aromatic heterocycles. The number of Topliss-reactive ketones (excluding diaryl/α,β-unsaturated/α-hetero) is 1. The number of H-pyrrole nitrogens is 1.